The van der Waals surface area contributed by atoms with E-state index in [1.165, 1.54) is 0 Å². The fraction of sp³-hybridized carbons (Fsp3) is 0.318. The number of carbonyl (C=O) groups is 1. The maximum absolute atomic E-state index is 13.0. The number of hydrogen-bond acceptors (Lipinski definition) is 3. The Morgan fingerprint density at radius 1 is 1.04 bits per heavy atom. The first-order chi connectivity index (χ1) is 12.7. The van der Waals surface area contributed by atoms with Crippen molar-refractivity contribution in [2.24, 2.45) is 0 Å². The summed E-state index contributed by atoms with van der Waals surface area (Å²) in [5, 5.41) is 0. The number of rotatable bonds is 11. The van der Waals surface area contributed by atoms with Gasteiger partial charge in [-0.25, -0.2) is 0 Å². The van der Waals surface area contributed by atoms with Crippen molar-refractivity contribution in [3.05, 3.63) is 84.4 Å². The van der Waals surface area contributed by atoms with E-state index in [4.69, 9.17) is 9.47 Å². The zero-order chi connectivity index (χ0) is 18.6. The van der Waals surface area contributed by atoms with Gasteiger partial charge in [0.05, 0.1) is 12.5 Å². The number of hydrogen-bond donors (Lipinski definition) is 0. The lowest BCUT2D eigenvalue weighted by atomic mass is 10.1. The lowest BCUT2D eigenvalue weighted by Gasteiger charge is -2.25. The van der Waals surface area contributed by atoms with Gasteiger partial charge >= 0.3 is 0 Å². The van der Waals surface area contributed by atoms with E-state index in [0.29, 0.717) is 25.9 Å². The second-order valence-electron chi connectivity index (χ2n) is 6.14. The van der Waals surface area contributed by atoms with Crippen LogP contribution in [0.25, 0.3) is 0 Å². The van der Waals surface area contributed by atoms with E-state index in [1.807, 2.05) is 65.6 Å². The third-order valence-corrected chi connectivity index (χ3v) is 4.04. The van der Waals surface area contributed by atoms with E-state index >= 15 is 0 Å². The third-order valence-electron chi connectivity index (χ3n) is 4.04. The van der Waals surface area contributed by atoms with Crippen LogP contribution in [-0.4, -0.2) is 30.8 Å². The summed E-state index contributed by atoms with van der Waals surface area (Å²) >= 11 is 0. The maximum atomic E-state index is 13.0. The highest BCUT2D eigenvalue weighted by Crippen LogP contribution is 2.14. The van der Waals surface area contributed by atoms with Gasteiger partial charge in [0, 0.05) is 20.2 Å². The lowest BCUT2D eigenvalue weighted by molar-refractivity contribution is -0.138. The number of methoxy groups -OCH3 is 1. The van der Waals surface area contributed by atoms with E-state index in [0.717, 1.165) is 11.1 Å². The van der Waals surface area contributed by atoms with E-state index in [9.17, 15) is 4.79 Å². The first kappa shape index (κ1) is 19.9. The third kappa shape index (κ3) is 6.82. The highest BCUT2D eigenvalue weighted by molar-refractivity contribution is 5.76. The number of ether oxygens (including phenoxy) is 2. The van der Waals surface area contributed by atoms with Crippen molar-refractivity contribution in [1.29, 1.82) is 0 Å². The Hall–Kier alpha value is -2.43. The Kier molecular flexibility index (Phi) is 8.60. The van der Waals surface area contributed by atoms with Gasteiger partial charge in [0.15, 0.2) is 0 Å². The first-order valence-electron chi connectivity index (χ1n) is 8.80. The molecule has 0 aromatic heterocycles. The Labute approximate surface area is 156 Å². The summed E-state index contributed by atoms with van der Waals surface area (Å²) in [6, 6.07) is 20.1. The standard InChI is InChI=1S/C22H27NO3/c1-3-10-21(26-18-25-2)15-22(24)23(16-19-11-6-4-7-12-19)17-20-13-8-5-9-14-20/h3-9,11-14,21H,1,10,15-18H2,2H3/t21-/m1/s1. The molecule has 138 valence electrons. The van der Waals surface area contributed by atoms with Gasteiger partial charge in [-0.3, -0.25) is 4.79 Å². The van der Waals surface area contributed by atoms with Gasteiger partial charge in [0.1, 0.15) is 6.79 Å². The highest BCUT2D eigenvalue weighted by atomic mass is 16.7. The summed E-state index contributed by atoms with van der Waals surface area (Å²) in [5.41, 5.74) is 2.21. The van der Waals surface area contributed by atoms with Gasteiger partial charge < -0.3 is 14.4 Å². The smallest absolute Gasteiger partial charge is 0.225 e. The zero-order valence-electron chi connectivity index (χ0n) is 15.3. The van der Waals surface area contributed by atoms with Crippen molar-refractivity contribution in [3.63, 3.8) is 0 Å². The van der Waals surface area contributed by atoms with Gasteiger partial charge in [-0.15, -0.1) is 6.58 Å². The second-order valence-corrected chi connectivity index (χ2v) is 6.14. The van der Waals surface area contributed by atoms with Crippen molar-refractivity contribution in [2.75, 3.05) is 13.9 Å². The molecule has 4 nitrogen and oxygen atoms in total. The molecule has 0 radical (unpaired) electrons. The zero-order valence-corrected chi connectivity index (χ0v) is 15.3. The minimum atomic E-state index is -0.228. The molecule has 1 atom stereocenters. The van der Waals surface area contributed by atoms with Crippen molar-refractivity contribution >= 4 is 5.91 Å². The molecule has 26 heavy (non-hydrogen) atoms. The average molecular weight is 353 g/mol. The molecule has 0 fully saturated rings. The van der Waals surface area contributed by atoms with Crippen LogP contribution >= 0.6 is 0 Å². The van der Waals surface area contributed by atoms with Gasteiger partial charge in [0.2, 0.25) is 5.91 Å². The highest BCUT2D eigenvalue weighted by Gasteiger charge is 2.20. The molecule has 0 unspecified atom stereocenters. The molecule has 0 aliphatic rings. The van der Waals surface area contributed by atoms with E-state index in [2.05, 4.69) is 6.58 Å². The summed E-state index contributed by atoms with van der Waals surface area (Å²) in [5.74, 6) is 0.0562. The second kappa shape index (κ2) is 11.2. The predicted octanol–water partition coefficient (Wildman–Crippen LogP) is 4.17. The molecule has 0 saturated heterocycles. The molecule has 4 heteroatoms. The monoisotopic (exact) mass is 353 g/mol. The van der Waals surface area contributed by atoms with Crippen molar-refractivity contribution < 1.29 is 14.3 Å². The van der Waals surface area contributed by atoms with Gasteiger partial charge in [-0.1, -0.05) is 66.7 Å². The predicted molar refractivity (Wildman–Crippen MR) is 103 cm³/mol. The Balaban J connectivity index is 2.10. The van der Waals surface area contributed by atoms with Crippen LogP contribution in [0.4, 0.5) is 0 Å². The molecule has 2 aromatic rings. The molecule has 2 rings (SSSR count). The Morgan fingerprint density at radius 3 is 2.04 bits per heavy atom. The lowest BCUT2D eigenvalue weighted by Crippen LogP contribution is -2.33. The normalized spacial score (nSPS) is 11.7. The van der Waals surface area contributed by atoms with Crippen LogP contribution in [0.2, 0.25) is 0 Å². The largest absolute Gasteiger partial charge is 0.359 e. The molecule has 0 bridgehead atoms. The molecule has 1 amide bonds. The minimum absolute atomic E-state index is 0.0562. The molecule has 0 spiro atoms. The summed E-state index contributed by atoms with van der Waals surface area (Å²) in [6.45, 7) is 5.06. The van der Waals surface area contributed by atoms with Gasteiger partial charge in [-0.05, 0) is 17.5 Å². The van der Waals surface area contributed by atoms with Crippen LogP contribution in [0.1, 0.15) is 24.0 Å². The molecule has 0 aliphatic carbocycles. The fourth-order valence-electron chi connectivity index (χ4n) is 2.72. The van der Waals surface area contributed by atoms with Gasteiger partial charge in [-0.2, -0.15) is 0 Å². The molecular formula is C22H27NO3. The van der Waals surface area contributed by atoms with Crippen molar-refractivity contribution in [1.82, 2.24) is 4.90 Å². The summed E-state index contributed by atoms with van der Waals surface area (Å²) in [6.07, 6.45) is 2.45. The Bertz CT molecular complexity index is 616. The minimum Gasteiger partial charge on any atom is -0.359 e. The van der Waals surface area contributed by atoms with Crippen LogP contribution in [0.5, 0.6) is 0 Å². The first-order valence-corrected chi connectivity index (χ1v) is 8.80. The average Bonchev–Trinajstić information content (AvgIpc) is 2.67. The molecule has 0 saturated carbocycles. The molecular weight excluding hydrogens is 326 g/mol. The molecule has 0 heterocycles. The molecule has 0 N–H and O–H groups in total. The van der Waals surface area contributed by atoms with Crippen LogP contribution in [0.15, 0.2) is 73.3 Å². The summed E-state index contributed by atoms with van der Waals surface area (Å²) in [4.78, 5) is 14.8. The number of amides is 1. The number of carbonyl (C=O) groups excluding carboxylic acids is 1. The van der Waals surface area contributed by atoms with Crippen LogP contribution < -0.4 is 0 Å². The topological polar surface area (TPSA) is 38.8 Å². The maximum Gasteiger partial charge on any atom is 0.225 e. The summed E-state index contributed by atoms with van der Waals surface area (Å²) in [7, 11) is 1.57. The summed E-state index contributed by atoms with van der Waals surface area (Å²) < 4.78 is 10.6. The molecule has 0 aliphatic heterocycles. The number of benzene rings is 2. The van der Waals surface area contributed by atoms with Crippen LogP contribution in [0.3, 0.4) is 0 Å². The fourth-order valence-corrected chi connectivity index (χ4v) is 2.72. The van der Waals surface area contributed by atoms with Crippen LogP contribution in [0, 0.1) is 0 Å². The van der Waals surface area contributed by atoms with Crippen LogP contribution in [-0.2, 0) is 27.4 Å². The molecule has 2 aromatic carbocycles. The van der Waals surface area contributed by atoms with Crippen molar-refractivity contribution in [3.8, 4) is 0 Å². The van der Waals surface area contributed by atoms with Crippen molar-refractivity contribution in [2.45, 2.75) is 32.0 Å². The van der Waals surface area contributed by atoms with E-state index in [-0.39, 0.29) is 18.8 Å². The number of nitrogens with zero attached hydrogens (tertiary/aromatic N) is 1. The quantitative estimate of drug-likeness (QED) is 0.449. The SMILES string of the molecule is C=CC[C@H](CC(=O)N(Cc1ccccc1)Cc1ccccc1)OCOC. The van der Waals surface area contributed by atoms with Gasteiger partial charge in [0.25, 0.3) is 0 Å². The van der Waals surface area contributed by atoms with E-state index in [1.54, 1.807) is 13.2 Å². The Morgan fingerprint density at radius 2 is 1.58 bits per heavy atom. The van der Waals surface area contributed by atoms with E-state index < -0.39 is 0 Å².